The summed E-state index contributed by atoms with van der Waals surface area (Å²) in [6.07, 6.45) is 2.40. The van der Waals surface area contributed by atoms with E-state index in [1.54, 1.807) is 12.1 Å². The van der Waals surface area contributed by atoms with Gasteiger partial charge in [-0.2, -0.15) is 0 Å². The third kappa shape index (κ3) is 2.86. The Balaban J connectivity index is 2.25. The van der Waals surface area contributed by atoms with Gasteiger partial charge in [0.05, 0.1) is 16.8 Å². The first-order valence-corrected chi connectivity index (χ1v) is 7.37. The number of hydrogen-bond donors (Lipinski definition) is 3. The Hall–Kier alpha value is -1.40. The topological polar surface area (TPSA) is 78.4 Å². The molecule has 1 unspecified atom stereocenters. The van der Waals surface area contributed by atoms with Gasteiger partial charge in [0.2, 0.25) is 5.91 Å². The zero-order valence-electron chi connectivity index (χ0n) is 11.2. The van der Waals surface area contributed by atoms with Crippen molar-refractivity contribution in [3.63, 3.8) is 0 Å². The van der Waals surface area contributed by atoms with Crippen LogP contribution in [0.5, 0.6) is 0 Å². The van der Waals surface area contributed by atoms with E-state index in [2.05, 4.69) is 26.6 Å². The van der Waals surface area contributed by atoms with Crippen molar-refractivity contribution in [2.24, 2.45) is 0 Å². The monoisotopic (exact) mass is 340 g/mol. The summed E-state index contributed by atoms with van der Waals surface area (Å²) in [6.45, 7) is 2.77. The second kappa shape index (κ2) is 5.93. The fourth-order valence-electron chi connectivity index (χ4n) is 2.51. The van der Waals surface area contributed by atoms with Gasteiger partial charge in [-0.1, -0.05) is 22.9 Å². The van der Waals surface area contributed by atoms with Crippen molar-refractivity contribution in [3.8, 4) is 0 Å². The maximum absolute atomic E-state index is 12.4. The van der Waals surface area contributed by atoms with Crippen molar-refractivity contribution < 1.29 is 14.7 Å². The minimum atomic E-state index is -1.06. The SMILES string of the molecule is CCC1(C(=O)Nc2ccc(Br)cc2C(=O)O)CCCN1. The quantitative estimate of drug-likeness (QED) is 0.787. The number of carbonyl (C=O) groups is 2. The molecule has 0 radical (unpaired) electrons. The molecule has 1 aromatic carbocycles. The van der Waals surface area contributed by atoms with Gasteiger partial charge in [-0.05, 0) is 44.0 Å². The number of carbonyl (C=O) groups excluding carboxylic acids is 1. The largest absolute Gasteiger partial charge is 0.478 e. The molecule has 6 heteroatoms. The summed E-state index contributed by atoms with van der Waals surface area (Å²) in [5.41, 5.74) is -0.174. The van der Waals surface area contributed by atoms with Crippen LogP contribution in [0, 0.1) is 0 Å². The first kappa shape index (κ1) is 15.0. The molecule has 1 atom stereocenters. The summed E-state index contributed by atoms with van der Waals surface area (Å²) in [5, 5.41) is 15.2. The van der Waals surface area contributed by atoms with Gasteiger partial charge >= 0.3 is 5.97 Å². The molecule has 3 N–H and O–H groups in total. The Morgan fingerprint density at radius 3 is 2.80 bits per heavy atom. The molecule has 1 aliphatic rings. The van der Waals surface area contributed by atoms with E-state index in [1.165, 1.54) is 6.07 Å². The first-order chi connectivity index (χ1) is 9.48. The standard InChI is InChI=1S/C14H17BrN2O3/c1-2-14(6-3-7-16-14)13(20)17-11-5-4-9(15)8-10(11)12(18)19/h4-5,8,16H,2-3,6-7H2,1H3,(H,17,20)(H,18,19). The molecule has 108 valence electrons. The molecule has 0 saturated carbocycles. The minimum absolute atomic E-state index is 0.0805. The third-order valence-electron chi connectivity index (χ3n) is 3.74. The van der Waals surface area contributed by atoms with Gasteiger partial charge in [0.15, 0.2) is 0 Å². The van der Waals surface area contributed by atoms with E-state index in [0.29, 0.717) is 16.6 Å². The molecule has 1 aliphatic heterocycles. The molecule has 1 heterocycles. The second-order valence-electron chi connectivity index (χ2n) is 4.92. The number of halogens is 1. The van der Waals surface area contributed by atoms with Crippen LogP contribution in [0.25, 0.3) is 0 Å². The van der Waals surface area contributed by atoms with Gasteiger partial charge in [0.1, 0.15) is 0 Å². The Labute approximate surface area is 125 Å². The number of rotatable bonds is 4. The summed E-state index contributed by atoms with van der Waals surface area (Å²) in [7, 11) is 0. The zero-order valence-corrected chi connectivity index (χ0v) is 12.8. The molecule has 1 amide bonds. The zero-order chi connectivity index (χ0) is 14.8. The van der Waals surface area contributed by atoms with Crippen molar-refractivity contribution in [1.29, 1.82) is 0 Å². The van der Waals surface area contributed by atoms with Gasteiger partial charge in [-0.3, -0.25) is 4.79 Å². The Morgan fingerprint density at radius 2 is 2.25 bits per heavy atom. The van der Waals surface area contributed by atoms with Crippen LogP contribution in [0.15, 0.2) is 22.7 Å². The summed E-state index contributed by atoms with van der Waals surface area (Å²) in [5.74, 6) is -1.23. The molecule has 1 aromatic rings. The van der Waals surface area contributed by atoms with Crippen LogP contribution in [0.1, 0.15) is 36.5 Å². The van der Waals surface area contributed by atoms with E-state index in [4.69, 9.17) is 0 Å². The molecule has 5 nitrogen and oxygen atoms in total. The molecule has 20 heavy (non-hydrogen) atoms. The average molecular weight is 341 g/mol. The van der Waals surface area contributed by atoms with E-state index in [-0.39, 0.29) is 11.5 Å². The molecule has 1 fully saturated rings. The van der Waals surface area contributed by atoms with E-state index >= 15 is 0 Å². The average Bonchev–Trinajstić information content (AvgIpc) is 2.90. The third-order valence-corrected chi connectivity index (χ3v) is 4.24. The number of amides is 1. The van der Waals surface area contributed by atoms with E-state index in [1.807, 2.05) is 6.92 Å². The fourth-order valence-corrected chi connectivity index (χ4v) is 2.87. The Kier molecular flexibility index (Phi) is 4.45. The molecular formula is C14H17BrN2O3. The predicted octanol–water partition coefficient (Wildman–Crippen LogP) is 2.62. The van der Waals surface area contributed by atoms with Crippen LogP contribution in [0.4, 0.5) is 5.69 Å². The fraction of sp³-hybridized carbons (Fsp3) is 0.429. The van der Waals surface area contributed by atoms with Crippen molar-refractivity contribution >= 4 is 33.5 Å². The van der Waals surface area contributed by atoms with E-state index in [9.17, 15) is 14.7 Å². The number of hydrogen-bond acceptors (Lipinski definition) is 3. The van der Waals surface area contributed by atoms with Gasteiger partial charge < -0.3 is 15.7 Å². The van der Waals surface area contributed by atoms with E-state index in [0.717, 1.165) is 19.4 Å². The van der Waals surface area contributed by atoms with Crippen molar-refractivity contribution in [2.45, 2.75) is 31.7 Å². The lowest BCUT2D eigenvalue weighted by atomic mass is 9.93. The summed E-state index contributed by atoms with van der Waals surface area (Å²) in [4.78, 5) is 23.7. The summed E-state index contributed by atoms with van der Waals surface area (Å²) in [6, 6.07) is 4.80. The number of carboxylic acid groups (broad SMARTS) is 1. The normalized spacial score (nSPS) is 21.7. The number of benzene rings is 1. The first-order valence-electron chi connectivity index (χ1n) is 6.58. The highest BCUT2D eigenvalue weighted by Gasteiger charge is 2.39. The van der Waals surface area contributed by atoms with Crippen molar-refractivity contribution in [2.75, 3.05) is 11.9 Å². The second-order valence-corrected chi connectivity index (χ2v) is 5.83. The summed E-state index contributed by atoms with van der Waals surface area (Å²) < 4.78 is 0.664. The van der Waals surface area contributed by atoms with Gasteiger partial charge in [-0.15, -0.1) is 0 Å². The highest BCUT2D eigenvalue weighted by molar-refractivity contribution is 9.10. The van der Waals surface area contributed by atoms with Gasteiger partial charge in [0.25, 0.3) is 0 Å². The summed E-state index contributed by atoms with van der Waals surface area (Å²) >= 11 is 3.23. The molecule has 0 aliphatic carbocycles. The molecular weight excluding hydrogens is 324 g/mol. The van der Waals surface area contributed by atoms with Crippen molar-refractivity contribution in [3.05, 3.63) is 28.2 Å². The lowest BCUT2D eigenvalue weighted by Crippen LogP contribution is -2.50. The van der Waals surface area contributed by atoms with Crippen LogP contribution in [0.2, 0.25) is 0 Å². The molecule has 1 saturated heterocycles. The van der Waals surface area contributed by atoms with Crippen LogP contribution >= 0.6 is 15.9 Å². The lowest BCUT2D eigenvalue weighted by molar-refractivity contribution is -0.122. The van der Waals surface area contributed by atoms with Crippen LogP contribution in [-0.4, -0.2) is 29.1 Å². The van der Waals surface area contributed by atoms with Gasteiger partial charge in [-0.25, -0.2) is 4.79 Å². The highest BCUT2D eigenvalue weighted by Crippen LogP contribution is 2.27. The van der Waals surface area contributed by atoms with Gasteiger partial charge in [0, 0.05) is 4.47 Å². The molecule has 2 rings (SSSR count). The highest BCUT2D eigenvalue weighted by atomic mass is 79.9. The van der Waals surface area contributed by atoms with Crippen LogP contribution in [-0.2, 0) is 4.79 Å². The maximum atomic E-state index is 12.4. The van der Waals surface area contributed by atoms with Crippen LogP contribution in [0.3, 0.4) is 0 Å². The Morgan fingerprint density at radius 1 is 1.50 bits per heavy atom. The van der Waals surface area contributed by atoms with Crippen LogP contribution < -0.4 is 10.6 Å². The van der Waals surface area contributed by atoms with E-state index < -0.39 is 11.5 Å². The maximum Gasteiger partial charge on any atom is 0.337 e. The van der Waals surface area contributed by atoms with Crippen molar-refractivity contribution in [1.82, 2.24) is 5.32 Å². The Bertz CT molecular complexity index is 539. The lowest BCUT2D eigenvalue weighted by Gasteiger charge is -2.27. The number of aromatic carboxylic acids is 1. The number of nitrogens with one attached hydrogen (secondary N) is 2. The minimum Gasteiger partial charge on any atom is -0.478 e. The smallest absolute Gasteiger partial charge is 0.337 e. The predicted molar refractivity (Wildman–Crippen MR) is 80.0 cm³/mol. The molecule has 0 spiro atoms. The number of anilines is 1. The molecule has 0 aromatic heterocycles. The molecule has 0 bridgehead atoms. The number of carboxylic acids is 1.